The lowest BCUT2D eigenvalue weighted by Gasteiger charge is -2.41. The molecule has 0 aromatic heterocycles. The van der Waals surface area contributed by atoms with Crippen LogP contribution in [0.5, 0.6) is 5.75 Å². The van der Waals surface area contributed by atoms with E-state index in [4.69, 9.17) is 0 Å². The molecule has 3 rings (SSSR count). The van der Waals surface area contributed by atoms with E-state index in [9.17, 15) is 5.11 Å². The molecule has 104 valence electrons. The number of benzene rings is 1. The van der Waals surface area contributed by atoms with E-state index < -0.39 is 0 Å². The highest BCUT2D eigenvalue weighted by molar-refractivity contribution is 9.10. The maximum absolute atomic E-state index is 9.62. The zero-order valence-electron chi connectivity index (χ0n) is 11.3. The van der Waals surface area contributed by atoms with Crippen LogP contribution in [0.2, 0.25) is 0 Å². The fourth-order valence-electron chi connectivity index (χ4n) is 3.74. The Kier molecular flexibility index (Phi) is 4.13. The third kappa shape index (κ3) is 3.14. The first-order chi connectivity index (χ1) is 9.22. The van der Waals surface area contributed by atoms with Crippen LogP contribution in [0, 0.1) is 11.8 Å². The molecular formula is C16H22BrNO. The summed E-state index contributed by atoms with van der Waals surface area (Å²) >= 11 is 3.59. The highest BCUT2D eigenvalue weighted by atomic mass is 79.9. The summed E-state index contributed by atoms with van der Waals surface area (Å²) in [5.41, 5.74) is 1.20. The molecule has 2 unspecified atom stereocenters. The van der Waals surface area contributed by atoms with Crippen molar-refractivity contribution >= 4 is 15.9 Å². The van der Waals surface area contributed by atoms with Gasteiger partial charge in [0.25, 0.3) is 0 Å². The van der Waals surface area contributed by atoms with Crippen molar-refractivity contribution in [2.45, 2.75) is 38.6 Å². The van der Waals surface area contributed by atoms with Crippen LogP contribution in [0.1, 0.15) is 37.7 Å². The first kappa shape index (κ1) is 13.4. The molecule has 0 bridgehead atoms. The molecule has 19 heavy (non-hydrogen) atoms. The largest absolute Gasteiger partial charge is 0.508 e. The second-order valence-electron chi connectivity index (χ2n) is 6.10. The van der Waals surface area contributed by atoms with Gasteiger partial charge in [0.2, 0.25) is 0 Å². The van der Waals surface area contributed by atoms with Gasteiger partial charge in [-0.3, -0.25) is 4.90 Å². The Labute approximate surface area is 123 Å². The van der Waals surface area contributed by atoms with E-state index in [0.29, 0.717) is 5.75 Å². The number of phenols is 1. The van der Waals surface area contributed by atoms with Gasteiger partial charge < -0.3 is 5.11 Å². The monoisotopic (exact) mass is 323 g/mol. The molecule has 2 nitrogen and oxygen atoms in total. The van der Waals surface area contributed by atoms with Crippen molar-refractivity contribution in [1.29, 1.82) is 0 Å². The van der Waals surface area contributed by atoms with Gasteiger partial charge in [-0.15, -0.1) is 0 Å². The fourth-order valence-corrected chi connectivity index (χ4v) is 4.12. The van der Waals surface area contributed by atoms with E-state index >= 15 is 0 Å². The molecule has 1 aliphatic carbocycles. The van der Waals surface area contributed by atoms with Crippen molar-refractivity contribution in [2.75, 3.05) is 13.1 Å². The molecule has 1 aromatic rings. The van der Waals surface area contributed by atoms with Crippen molar-refractivity contribution in [3.8, 4) is 5.75 Å². The third-order valence-electron chi connectivity index (χ3n) is 4.80. The van der Waals surface area contributed by atoms with E-state index in [2.05, 4.69) is 20.8 Å². The topological polar surface area (TPSA) is 23.5 Å². The summed E-state index contributed by atoms with van der Waals surface area (Å²) in [7, 11) is 0. The maximum atomic E-state index is 9.62. The number of fused-ring (bicyclic) bond motifs is 1. The van der Waals surface area contributed by atoms with Crippen molar-refractivity contribution in [3.05, 3.63) is 28.2 Å². The average Bonchev–Trinajstić information content (AvgIpc) is 2.43. The number of rotatable bonds is 2. The lowest BCUT2D eigenvalue weighted by molar-refractivity contribution is 0.0819. The first-order valence-corrected chi connectivity index (χ1v) is 8.21. The van der Waals surface area contributed by atoms with Crippen molar-refractivity contribution in [1.82, 2.24) is 4.90 Å². The molecule has 1 N–H and O–H groups in total. The second-order valence-corrected chi connectivity index (χ2v) is 6.96. The summed E-state index contributed by atoms with van der Waals surface area (Å²) in [6, 6.07) is 5.57. The van der Waals surface area contributed by atoms with Crippen LogP contribution < -0.4 is 0 Å². The molecule has 1 aliphatic heterocycles. The van der Waals surface area contributed by atoms with Gasteiger partial charge in [0.15, 0.2) is 0 Å². The number of nitrogens with zero attached hydrogens (tertiary/aromatic N) is 1. The molecule has 2 fully saturated rings. The zero-order chi connectivity index (χ0) is 13.2. The highest BCUT2D eigenvalue weighted by Gasteiger charge is 2.31. The Hall–Kier alpha value is -0.540. The number of hydrogen-bond donors (Lipinski definition) is 1. The van der Waals surface area contributed by atoms with Gasteiger partial charge in [-0.1, -0.05) is 35.2 Å². The van der Waals surface area contributed by atoms with Crippen LogP contribution in [0.15, 0.2) is 22.7 Å². The summed E-state index contributed by atoms with van der Waals surface area (Å²) in [6.07, 6.45) is 7.10. The van der Waals surface area contributed by atoms with Crippen LogP contribution in [0.3, 0.4) is 0 Å². The van der Waals surface area contributed by atoms with Crippen LogP contribution in [-0.2, 0) is 6.54 Å². The Morgan fingerprint density at radius 3 is 2.79 bits per heavy atom. The Bertz CT molecular complexity index is 448. The summed E-state index contributed by atoms with van der Waals surface area (Å²) in [5.74, 6) is 2.27. The molecule has 0 radical (unpaired) electrons. The van der Waals surface area contributed by atoms with Crippen LogP contribution >= 0.6 is 15.9 Å². The van der Waals surface area contributed by atoms with Crippen molar-refractivity contribution in [3.63, 3.8) is 0 Å². The SMILES string of the molecule is Oc1ccc(Br)c(CN2CCC3CCCCC3C2)c1. The number of likely N-dealkylation sites (tertiary alicyclic amines) is 1. The molecule has 0 amide bonds. The highest BCUT2D eigenvalue weighted by Crippen LogP contribution is 2.36. The predicted molar refractivity (Wildman–Crippen MR) is 81.1 cm³/mol. The number of aromatic hydroxyl groups is 1. The molecule has 2 atom stereocenters. The number of halogens is 1. The van der Waals surface area contributed by atoms with Crippen LogP contribution in [-0.4, -0.2) is 23.1 Å². The third-order valence-corrected chi connectivity index (χ3v) is 5.57. The smallest absolute Gasteiger partial charge is 0.115 e. The summed E-state index contributed by atoms with van der Waals surface area (Å²) in [4.78, 5) is 2.56. The van der Waals surface area contributed by atoms with Gasteiger partial charge in [-0.2, -0.15) is 0 Å². The lowest BCUT2D eigenvalue weighted by Crippen LogP contribution is -2.41. The number of piperidine rings is 1. The molecule has 2 aliphatic rings. The van der Waals surface area contributed by atoms with Crippen LogP contribution in [0.4, 0.5) is 0 Å². The van der Waals surface area contributed by atoms with Crippen molar-refractivity contribution in [2.24, 2.45) is 11.8 Å². The summed E-state index contributed by atoms with van der Waals surface area (Å²) in [5, 5.41) is 9.62. The molecular weight excluding hydrogens is 302 g/mol. The molecule has 1 saturated carbocycles. The first-order valence-electron chi connectivity index (χ1n) is 7.42. The maximum Gasteiger partial charge on any atom is 0.115 e. The summed E-state index contributed by atoms with van der Waals surface area (Å²) in [6.45, 7) is 3.41. The van der Waals surface area contributed by atoms with Gasteiger partial charge in [0.05, 0.1) is 0 Å². The second kappa shape index (κ2) is 5.84. The molecule has 1 saturated heterocycles. The quantitative estimate of drug-likeness (QED) is 0.883. The standard InChI is InChI=1S/C16H22BrNO/c17-16-6-5-15(19)9-14(16)11-18-8-7-12-3-1-2-4-13(12)10-18/h5-6,9,12-13,19H,1-4,7-8,10-11H2. The fraction of sp³-hybridized carbons (Fsp3) is 0.625. The molecule has 0 spiro atoms. The Balaban J connectivity index is 1.65. The Morgan fingerprint density at radius 2 is 1.95 bits per heavy atom. The molecule has 1 heterocycles. The number of phenolic OH excluding ortho intramolecular Hbond substituents is 1. The minimum atomic E-state index is 0.366. The van der Waals surface area contributed by atoms with Gasteiger partial charge in [-0.25, -0.2) is 0 Å². The molecule has 3 heteroatoms. The minimum Gasteiger partial charge on any atom is -0.508 e. The van der Waals surface area contributed by atoms with Gasteiger partial charge in [0, 0.05) is 17.6 Å². The zero-order valence-corrected chi connectivity index (χ0v) is 12.9. The summed E-state index contributed by atoms with van der Waals surface area (Å²) < 4.78 is 1.11. The van der Waals surface area contributed by atoms with E-state index in [0.717, 1.165) is 22.9 Å². The van der Waals surface area contributed by atoms with Crippen molar-refractivity contribution < 1.29 is 5.11 Å². The normalized spacial score (nSPS) is 28.1. The van der Waals surface area contributed by atoms with Crippen LogP contribution in [0.25, 0.3) is 0 Å². The number of hydrogen-bond acceptors (Lipinski definition) is 2. The lowest BCUT2D eigenvalue weighted by atomic mass is 9.75. The minimum absolute atomic E-state index is 0.366. The van der Waals surface area contributed by atoms with Gasteiger partial charge >= 0.3 is 0 Å². The van der Waals surface area contributed by atoms with E-state index in [-0.39, 0.29) is 0 Å². The van der Waals surface area contributed by atoms with Gasteiger partial charge in [0.1, 0.15) is 5.75 Å². The van der Waals surface area contributed by atoms with E-state index in [1.54, 1.807) is 6.07 Å². The molecule has 1 aromatic carbocycles. The predicted octanol–water partition coefficient (Wildman–Crippen LogP) is 4.17. The van der Waals surface area contributed by atoms with E-state index in [1.807, 2.05) is 12.1 Å². The average molecular weight is 324 g/mol. The van der Waals surface area contributed by atoms with E-state index in [1.165, 1.54) is 50.8 Å². The van der Waals surface area contributed by atoms with Gasteiger partial charge in [-0.05, 0) is 55.0 Å². The Morgan fingerprint density at radius 1 is 1.16 bits per heavy atom.